The molecule has 82 valence electrons. The van der Waals surface area contributed by atoms with Crippen molar-refractivity contribution in [1.29, 1.82) is 0 Å². The van der Waals surface area contributed by atoms with E-state index in [2.05, 4.69) is 28.9 Å². The van der Waals surface area contributed by atoms with E-state index in [-0.39, 0.29) is 0 Å². The fourth-order valence-corrected chi connectivity index (χ4v) is 2.04. The molecule has 1 atom stereocenters. The lowest BCUT2D eigenvalue weighted by molar-refractivity contribution is 0.422. The first-order valence-electron chi connectivity index (χ1n) is 5.51. The molecular weight excluding hydrogens is 188 g/mol. The average molecular weight is 206 g/mol. The van der Waals surface area contributed by atoms with Crippen molar-refractivity contribution in [2.75, 3.05) is 23.7 Å². The SMILES string of the molecule is CC(C)C1CCN(c2ccc(N)nn2)C1. The van der Waals surface area contributed by atoms with Gasteiger partial charge in [0.1, 0.15) is 5.82 Å². The van der Waals surface area contributed by atoms with Crippen LogP contribution in [0.5, 0.6) is 0 Å². The second-order valence-electron chi connectivity index (χ2n) is 4.56. The minimum Gasteiger partial charge on any atom is -0.382 e. The van der Waals surface area contributed by atoms with E-state index in [4.69, 9.17) is 5.73 Å². The van der Waals surface area contributed by atoms with E-state index in [1.807, 2.05) is 12.1 Å². The van der Waals surface area contributed by atoms with Crippen LogP contribution < -0.4 is 10.6 Å². The third-order valence-electron chi connectivity index (χ3n) is 3.16. The van der Waals surface area contributed by atoms with Gasteiger partial charge in [0.2, 0.25) is 0 Å². The second-order valence-corrected chi connectivity index (χ2v) is 4.56. The van der Waals surface area contributed by atoms with Gasteiger partial charge in [-0.2, -0.15) is 0 Å². The van der Waals surface area contributed by atoms with Crippen LogP contribution in [0.25, 0.3) is 0 Å². The van der Waals surface area contributed by atoms with Crippen molar-refractivity contribution in [2.45, 2.75) is 20.3 Å². The van der Waals surface area contributed by atoms with Crippen LogP contribution in [0.1, 0.15) is 20.3 Å². The largest absolute Gasteiger partial charge is 0.382 e. The number of anilines is 2. The highest BCUT2D eigenvalue weighted by atomic mass is 15.3. The lowest BCUT2D eigenvalue weighted by Crippen LogP contribution is -2.22. The molecule has 1 aromatic heterocycles. The third kappa shape index (κ3) is 2.19. The number of hydrogen-bond acceptors (Lipinski definition) is 4. The molecular formula is C11H18N4. The molecule has 1 aliphatic rings. The summed E-state index contributed by atoms with van der Waals surface area (Å²) in [5.74, 6) is 2.96. The van der Waals surface area contributed by atoms with Gasteiger partial charge >= 0.3 is 0 Å². The molecule has 4 nitrogen and oxygen atoms in total. The van der Waals surface area contributed by atoms with Gasteiger partial charge in [0, 0.05) is 13.1 Å². The van der Waals surface area contributed by atoms with Gasteiger partial charge in [-0.1, -0.05) is 13.8 Å². The Hall–Kier alpha value is -1.32. The normalized spacial score (nSPS) is 21.3. The summed E-state index contributed by atoms with van der Waals surface area (Å²) in [6.07, 6.45) is 1.25. The number of nitrogens with two attached hydrogens (primary N) is 1. The van der Waals surface area contributed by atoms with Gasteiger partial charge in [-0.3, -0.25) is 0 Å². The Bertz CT molecular complexity index is 320. The number of hydrogen-bond donors (Lipinski definition) is 1. The van der Waals surface area contributed by atoms with Crippen molar-refractivity contribution in [3.63, 3.8) is 0 Å². The highest BCUT2D eigenvalue weighted by Crippen LogP contribution is 2.26. The molecule has 1 aliphatic heterocycles. The van der Waals surface area contributed by atoms with Crippen LogP contribution in [-0.4, -0.2) is 23.3 Å². The molecule has 1 fully saturated rings. The van der Waals surface area contributed by atoms with Crippen molar-refractivity contribution in [1.82, 2.24) is 10.2 Å². The molecule has 1 unspecified atom stereocenters. The standard InChI is InChI=1S/C11H18N4/c1-8(2)9-5-6-15(7-9)11-4-3-10(12)13-14-11/h3-4,8-9H,5-7H2,1-2H3,(H2,12,13). The van der Waals surface area contributed by atoms with Crippen LogP contribution in [0.15, 0.2) is 12.1 Å². The highest BCUT2D eigenvalue weighted by molar-refractivity contribution is 5.42. The molecule has 2 rings (SSSR count). The zero-order valence-corrected chi connectivity index (χ0v) is 9.35. The predicted molar refractivity (Wildman–Crippen MR) is 61.6 cm³/mol. The Morgan fingerprint density at radius 3 is 2.73 bits per heavy atom. The first kappa shape index (κ1) is 10.2. The molecule has 1 aromatic rings. The van der Waals surface area contributed by atoms with E-state index < -0.39 is 0 Å². The molecule has 1 saturated heterocycles. The Labute approximate surface area is 90.5 Å². The highest BCUT2D eigenvalue weighted by Gasteiger charge is 2.25. The zero-order valence-electron chi connectivity index (χ0n) is 9.35. The Kier molecular flexibility index (Phi) is 2.75. The quantitative estimate of drug-likeness (QED) is 0.797. The smallest absolute Gasteiger partial charge is 0.151 e. The fourth-order valence-electron chi connectivity index (χ4n) is 2.04. The van der Waals surface area contributed by atoms with Crippen molar-refractivity contribution in [2.24, 2.45) is 11.8 Å². The summed E-state index contributed by atoms with van der Waals surface area (Å²) in [7, 11) is 0. The van der Waals surface area contributed by atoms with Crippen LogP contribution in [0.4, 0.5) is 11.6 Å². The van der Waals surface area contributed by atoms with Crippen molar-refractivity contribution >= 4 is 11.6 Å². The van der Waals surface area contributed by atoms with Gasteiger partial charge in [0.05, 0.1) is 0 Å². The summed E-state index contributed by atoms with van der Waals surface area (Å²) >= 11 is 0. The van der Waals surface area contributed by atoms with Crippen LogP contribution in [-0.2, 0) is 0 Å². The van der Waals surface area contributed by atoms with Gasteiger partial charge in [-0.15, -0.1) is 10.2 Å². The molecule has 0 aliphatic carbocycles. The number of rotatable bonds is 2. The molecule has 0 bridgehead atoms. The molecule has 0 spiro atoms. The topological polar surface area (TPSA) is 55.0 Å². The van der Waals surface area contributed by atoms with Crippen molar-refractivity contribution in [3.05, 3.63) is 12.1 Å². The van der Waals surface area contributed by atoms with Crippen molar-refractivity contribution in [3.8, 4) is 0 Å². The lowest BCUT2D eigenvalue weighted by Gasteiger charge is -2.18. The summed E-state index contributed by atoms with van der Waals surface area (Å²) in [5.41, 5.74) is 5.51. The molecule has 2 N–H and O–H groups in total. The summed E-state index contributed by atoms with van der Waals surface area (Å²) in [6.45, 7) is 6.74. The first-order valence-corrected chi connectivity index (χ1v) is 5.51. The lowest BCUT2D eigenvalue weighted by atomic mass is 9.95. The summed E-state index contributed by atoms with van der Waals surface area (Å²) in [4.78, 5) is 2.29. The fraction of sp³-hybridized carbons (Fsp3) is 0.636. The molecule has 15 heavy (non-hydrogen) atoms. The Balaban J connectivity index is 2.04. The predicted octanol–water partition coefficient (Wildman–Crippen LogP) is 1.54. The van der Waals surface area contributed by atoms with E-state index in [0.29, 0.717) is 5.82 Å². The Morgan fingerprint density at radius 1 is 1.40 bits per heavy atom. The van der Waals surface area contributed by atoms with Crippen molar-refractivity contribution < 1.29 is 0 Å². The van der Waals surface area contributed by atoms with Crippen LogP contribution >= 0.6 is 0 Å². The van der Waals surface area contributed by atoms with Gasteiger partial charge in [0.25, 0.3) is 0 Å². The summed E-state index contributed by atoms with van der Waals surface area (Å²) < 4.78 is 0. The molecule has 0 saturated carbocycles. The maximum absolute atomic E-state index is 5.51. The molecule has 0 aromatic carbocycles. The third-order valence-corrected chi connectivity index (χ3v) is 3.16. The maximum Gasteiger partial charge on any atom is 0.151 e. The van der Waals surface area contributed by atoms with Gasteiger partial charge in [0.15, 0.2) is 5.82 Å². The van der Waals surface area contributed by atoms with Gasteiger partial charge in [-0.25, -0.2) is 0 Å². The van der Waals surface area contributed by atoms with Gasteiger partial charge in [-0.05, 0) is 30.4 Å². The van der Waals surface area contributed by atoms with Gasteiger partial charge < -0.3 is 10.6 Å². The monoisotopic (exact) mass is 206 g/mol. The summed E-state index contributed by atoms with van der Waals surface area (Å²) in [6, 6.07) is 3.76. The summed E-state index contributed by atoms with van der Waals surface area (Å²) in [5, 5.41) is 7.98. The maximum atomic E-state index is 5.51. The number of aromatic nitrogens is 2. The van der Waals surface area contributed by atoms with E-state index >= 15 is 0 Å². The number of nitrogen functional groups attached to an aromatic ring is 1. The van der Waals surface area contributed by atoms with E-state index in [9.17, 15) is 0 Å². The minimum atomic E-state index is 0.485. The Morgan fingerprint density at radius 2 is 2.20 bits per heavy atom. The zero-order chi connectivity index (χ0) is 10.8. The minimum absolute atomic E-state index is 0.485. The second kappa shape index (κ2) is 4.04. The van der Waals surface area contributed by atoms with E-state index in [1.54, 1.807) is 0 Å². The number of nitrogens with zero attached hydrogens (tertiary/aromatic N) is 3. The molecule has 0 radical (unpaired) electrons. The van der Waals surface area contributed by atoms with E-state index in [0.717, 1.165) is 30.7 Å². The molecule has 0 amide bonds. The van der Waals surface area contributed by atoms with Crippen LogP contribution in [0.2, 0.25) is 0 Å². The first-order chi connectivity index (χ1) is 7.16. The molecule has 2 heterocycles. The van der Waals surface area contributed by atoms with Crippen LogP contribution in [0, 0.1) is 11.8 Å². The molecule has 4 heteroatoms. The van der Waals surface area contributed by atoms with Crippen LogP contribution in [0.3, 0.4) is 0 Å². The van der Waals surface area contributed by atoms with E-state index in [1.165, 1.54) is 6.42 Å². The average Bonchev–Trinajstić information content (AvgIpc) is 2.68.